The molecule has 0 bridgehead atoms. The number of halogens is 1. The van der Waals surface area contributed by atoms with Gasteiger partial charge in [-0.25, -0.2) is 19.0 Å². The fourth-order valence-corrected chi connectivity index (χ4v) is 5.76. The molecule has 2 atom stereocenters. The number of nitrogens with two attached hydrogens (primary N) is 2. The van der Waals surface area contributed by atoms with E-state index in [0.717, 1.165) is 0 Å². The number of benzene rings is 2. The standard InChI is InChI=1S/C32H33FN8O3/c1-32(18-35,21-16-43-17-21)13-20(14-34)31(42)40-11-5-6-22(15-40)41-30-27(29(36)37-19-38-30)28(39-41)25-10-9-24(12-26(25)33)44-23-7-3-2-4-8-23/h2-4,7-10,12-13,19,21-22H,5-6,11,15-18,35H2,1H3,(H2,36,37,38)/t22?,32-/m1/s1. The second-order valence-corrected chi connectivity index (χ2v) is 11.5. The van der Waals surface area contributed by atoms with Crippen LogP contribution in [0.1, 0.15) is 25.8 Å². The van der Waals surface area contributed by atoms with E-state index >= 15 is 4.39 Å². The average Bonchev–Trinajstić information content (AvgIpc) is 3.40. The number of aromatic nitrogens is 4. The quantitative estimate of drug-likeness (QED) is 0.224. The largest absolute Gasteiger partial charge is 0.457 e. The normalized spacial score (nSPS) is 18.8. The Morgan fingerprint density at radius 3 is 2.70 bits per heavy atom. The lowest BCUT2D eigenvalue weighted by atomic mass is 9.74. The zero-order chi connectivity index (χ0) is 30.8. The molecule has 44 heavy (non-hydrogen) atoms. The Bertz CT molecular complexity index is 1760. The number of anilines is 1. The van der Waals surface area contributed by atoms with Crippen LogP contribution >= 0.6 is 0 Å². The maximum Gasteiger partial charge on any atom is 0.264 e. The number of carbonyl (C=O) groups is 1. The Kier molecular flexibility index (Phi) is 7.99. The number of para-hydroxylation sites is 1. The summed E-state index contributed by atoms with van der Waals surface area (Å²) in [6, 6.07) is 15.5. The lowest BCUT2D eigenvalue weighted by Gasteiger charge is -2.40. The predicted octanol–water partition coefficient (Wildman–Crippen LogP) is 4.23. The van der Waals surface area contributed by atoms with Gasteiger partial charge in [0.05, 0.1) is 24.6 Å². The zero-order valence-electron chi connectivity index (χ0n) is 24.3. The topological polar surface area (TPSA) is 158 Å². The van der Waals surface area contributed by atoms with E-state index < -0.39 is 11.2 Å². The van der Waals surface area contributed by atoms with Crippen LogP contribution in [-0.2, 0) is 9.53 Å². The van der Waals surface area contributed by atoms with Gasteiger partial charge >= 0.3 is 0 Å². The van der Waals surface area contributed by atoms with E-state index in [1.54, 1.807) is 39.9 Å². The third-order valence-corrected chi connectivity index (χ3v) is 8.56. The monoisotopic (exact) mass is 596 g/mol. The van der Waals surface area contributed by atoms with Gasteiger partial charge in [-0.3, -0.25) is 4.79 Å². The van der Waals surface area contributed by atoms with Gasteiger partial charge in [0.1, 0.15) is 46.8 Å². The molecule has 2 aromatic heterocycles. The first-order valence-electron chi connectivity index (χ1n) is 14.5. The Hall–Kier alpha value is -4.86. The van der Waals surface area contributed by atoms with Crippen molar-refractivity contribution in [3.05, 3.63) is 72.3 Å². The first-order valence-corrected chi connectivity index (χ1v) is 14.5. The van der Waals surface area contributed by atoms with Crippen molar-refractivity contribution in [2.45, 2.75) is 25.8 Å². The molecule has 4 heterocycles. The smallest absolute Gasteiger partial charge is 0.264 e. The number of nitrogen functional groups attached to an aromatic ring is 1. The first-order chi connectivity index (χ1) is 21.3. The molecular weight excluding hydrogens is 563 g/mol. The van der Waals surface area contributed by atoms with Gasteiger partial charge in [0, 0.05) is 42.6 Å². The molecule has 2 fully saturated rings. The van der Waals surface area contributed by atoms with Gasteiger partial charge in [-0.1, -0.05) is 31.2 Å². The van der Waals surface area contributed by atoms with Gasteiger partial charge < -0.3 is 25.8 Å². The van der Waals surface area contributed by atoms with E-state index in [1.807, 2.05) is 25.1 Å². The number of nitrogens with zero attached hydrogens (tertiary/aromatic N) is 6. The van der Waals surface area contributed by atoms with Crippen LogP contribution in [0.2, 0.25) is 0 Å². The Morgan fingerprint density at radius 2 is 2.02 bits per heavy atom. The Balaban J connectivity index is 1.30. The van der Waals surface area contributed by atoms with Crippen LogP contribution in [0.15, 0.2) is 66.5 Å². The first kappa shape index (κ1) is 29.2. The second kappa shape index (κ2) is 12.0. The molecule has 2 aliphatic heterocycles. The minimum absolute atomic E-state index is 0.0583. The second-order valence-electron chi connectivity index (χ2n) is 11.5. The number of rotatable bonds is 8. The van der Waals surface area contributed by atoms with Crippen LogP contribution in [0.5, 0.6) is 11.5 Å². The molecule has 0 saturated carbocycles. The van der Waals surface area contributed by atoms with Crippen molar-refractivity contribution in [2.75, 3.05) is 38.6 Å². The van der Waals surface area contributed by atoms with Crippen molar-refractivity contribution in [1.29, 1.82) is 5.26 Å². The molecule has 226 valence electrons. The highest BCUT2D eigenvalue weighted by Gasteiger charge is 2.38. The molecular formula is C32H33FN8O3. The molecule has 4 aromatic rings. The van der Waals surface area contributed by atoms with Crippen molar-refractivity contribution in [2.24, 2.45) is 17.1 Å². The summed E-state index contributed by atoms with van der Waals surface area (Å²) >= 11 is 0. The number of nitriles is 1. The van der Waals surface area contributed by atoms with Crippen LogP contribution in [0.25, 0.3) is 22.3 Å². The highest BCUT2D eigenvalue weighted by Crippen LogP contribution is 2.37. The van der Waals surface area contributed by atoms with Crippen molar-refractivity contribution in [1.82, 2.24) is 24.6 Å². The van der Waals surface area contributed by atoms with Crippen molar-refractivity contribution >= 4 is 22.8 Å². The Labute approximate surface area is 253 Å². The molecule has 1 amide bonds. The van der Waals surface area contributed by atoms with Crippen LogP contribution in [0.4, 0.5) is 10.2 Å². The predicted molar refractivity (Wildman–Crippen MR) is 162 cm³/mol. The lowest BCUT2D eigenvalue weighted by Crippen LogP contribution is -2.46. The molecule has 0 aliphatic carbocycles. The molecule has 2 saturated heterocycles. The van der Waals surface area contributed by atoms with Crippen molar-refractivity contribution in [3.63, 3.8) is 0 Å². The van der Waals surface area contributed by atoms with E-state index in [1.165, 1.54) is 12.4 Å². The fraction of sp³-hybridized carbons (Fsp3) is 0.344. The van der Waals surface area contributed by atoms with E-state index in [-0.39, 0.29) is 41.4 Å². The number of hydrogen-bond acceptors (Lipinski definition) is 9. The number of amides is 1. The van der Waals surface area contributed by atoms with Gasteiger partial charge in [0.25, 0.3) is 5.91 Å². The Morgan fingerprint density at radius 1 is 1.23 bits per heavy atom. The molecule has 1 unspecified atom stereocenters. The molecule has 0 radical (unpaired) electrons. The van der Waals surface area contributed by atoms with E-state index in [4.69, 9.17) is 26.0 Å². The summed E-state index contributed by atoms with van der Waals surface area (Å²) in [5, 5.41) is 15.2. The van der Waals surface area contributed by atoms with E-state index in [0.29, 0.717) is 67.4 Å². The molecule has 0 spiro atoms. The molecule has 12 heteroatoms. The number of ether oxygens (including phenoxy) is 2. The maximum atomic E-state index is 15.6. The number of likely N-dealkylation sites (tertiary alicyclic amines) is 1. The summed E-state index contributed by atoms with van der Waals surface area (Å²) in [5.41, 5.74) is 12.8. The number of carbonyl (C=O) groups excluding carboxylic acids is 1. The summed E-state index contributed by atoms with van der Waals surface area (Å²) in [4.78, 5) is 23.9. The van der Waals surface area contributed by atoms with Crippen LogP contribution < -0.4 is 16.2 Å². The number of hydrogen-bond donors (Lipinski definition) is 2. The molecule has 6 rings (SSSR count). The summed E-state index contributed by atoms with van der Waals surface area (Å²) in [6.07, 6.45) is 4.42. The van der Waals surface area contributed by atoms with E-state index in [9.17, 15) is 10.1 Å². The zero-order valence-corrected chi connectivity index (χ0v) is 24.3. The molecule has 2 aliphatic rings. The number of piperidine rings is 1. The van der Waals surface area contributed by atoms with Crippen molar-refractivity contribution < 1.29 is 18.7 Å². The summed E-state index contributed by atoms with van der Waals surface area (Å²) in [5.74, 6) is 0.336. The fourth-order valence-electron chi connectivity index (χ4n) is 5.76. The van der Waals surface area contributed by atoms with Gasteiger partial charge in [-0.2, -0.15) is 10.4 Å². The highest BCUT2D eigenvalue weighted by atomic mass is 19.1. The average molecular weight is 597 g/mol. The van der Waals surface area contributed by atoms with Crippen LogP contribution in [0, 0.1) is 28.5 Å². The van der Waals surface area contributed by atoms with E-state index in [2.05, 4.69) is 16.0 Å². The summed E-state index contributed by atoms with van der Waals surface area (Å²) in [7, 11) is 0. The van der Waals surface area contributed by atoms with Gasteiger partial charge in [-0.05, 0) is 37.1 Å². The number of fused-ring (bicyclic) bond motifs is 1. The van der Waals surface area contributed by atoms with Crippen LogP contribution in [-0.4, -0.2) is 63.4 Å². The van der Waals surface area contributed by atoms with Gasteiger partial charge in [0.15, 0.2) is 5.65 Å². The van der Waals surface area contributed by atoms with Crippen LogP contribution in [0.3, 0.4) is 0 Å². The van der Waals surface area contributed by atoms with Gasteiger partial charge in [-0.15, -0.1) is 0 Å². The maximum absolute atomic E-state index is 15.6. The highest BCUT2D eigenvalue weighted by molar-refractivity contribution is 5.99. The van der Waals surface area contributed by atoms with Gasteiger partial charge in [0.2, 0.25) is 0 Å². The minimum atomic E-state index is -0.544. The minimum Gasteiger partial charge on any atom is -0.457 e. The third kappa shape index (κ3) is 5.47. The summed E-state index contributed by atoms with van der Waals surface area (Å²) in [6.45, 7) is 4.11. The SMILES string of the molecule is C[C@@](C=C(C#N)C(=O)N1CCCC(n2nc(-c3ccc(Oc4ccccc4)cc3F)c3c(N)ncnc32)C1)(CN)C1COC1. The van der Waals surface area contributed by atoms with Crippen molar-refractivity contribution in [3.8, 4) is 28.8 Å². The molecule has 4 N–H and O–H groups in total. The molecule has 11 nitrogen and oxygen atoms in total. The molecule has 2 aromatic carbocycles. The summed E-state index contributed by atoms with van der Waals surface area (Å²) < 4.78 is 28.4. The third-order valence-electron chi connectivity index (χ3n) is 8.56. The lowest BCUT2D eigenvalue weighted by molar-refractivity contribution is -0.128.